The number of hydrogen-bond acceptors (Lipinski definition) is 4. The summed E-state index contributed by atoms with van der Waals surface area (Å²) < 4.78 is 0. The summed E-state index contributed by atoms with van der Waals surface area (Å²) in [4.78, 5) is 19.1. The maximum absolute atomic E-state index is 11.2. The number of aromatic carboxylic acids is 1. The van der Waals surface area contributed by atoms with Crippen LogP contribution in [-0.4, -0.2) is 21.0 Å². The first-order valence-electron chi connectivity index (χ1n) is 7.19. The average molecular weight is 325 g/mol. The Morgan fingerprint density at radius 3 is 2.74 bits per heavy atom. The van der Waals surface area contributed by atoms with Crippen LogP contribution in [0.25, 0.3) is 21.5 Å². The van der Waals surface area contributed by atoms with Gasteiger partial charge in [0.15, 0.2) is 0 Å². The highest BCUT2D eigenvalue weighted by atomic mass is 32.1. The molecule has 116 valence electrons. The maximum atomic E-state index is 11.2. The van der Waals surface area contributed by atoms with Gasteiger partial charge in [-0.25, -0.2) is 9.78 Å². The van der Waals surface area contributed by atoms with Crippen molar-refractivity contribution in [2.24, 2.45) is 0 Å². The molecule has 0 bridgehead atoms. The molecule has 0 aliphatic carbocycles. The lowest BCUT2D eigenvalue weighted by atomic mass is 10.0. The zero-order valence-corrected chi connectivity index (χ0v) is 13.8. The van der Waals surface area contributed by atoms with Crippen molar-refractivity contribution in [2.75, 3.05) is 0 Å². The van der Waals surface area contributed by atoms with Crippen molar-refractivity contribution in [2.45, 2.75) is 26.7 Å². The van der Waals surface area contributed by atoms with Gasteiger partial charge in [-0.05, 0) is 31.0 Å². The van der Waals surface area contributed by atoms with E-state index in [1.807, 2.05) is 32.0 Å². The molecule has 0 aliphatic heterocycles. The molecule has 3 aromatic rings. The molecule has 0 unspecified atom stereocenters. The first-order chi connectivity index (χ1) is 10.9. The zero-order valence-electron chi connectivity index (χ0n) is 13.0. The summed E-state index contributed by atoms with van der Waals surface area (Å²) in [6.45, 7) is 5.77. The quantitative estimate of drug-likeness (QED) is 0.751. The SMILES string of the molecule is Cc1nc(-c2ccc3[nH]c(C(C)C)c(C#N)c3c2)sc1C(=O)O. The Morgan fingerprint density at radius 1 is 1.43 bits per heavy atom. The van der Waals surface area contributed by atoms with E-state index in [0.717, 1.165) is 33.5 Å². The van der Waals surface area contributed by atoms with Gasteiger partial charge in [-0.1, -0.05) is 13.8 Å². The van der Waals surface area contributed by atoms with Crippen molar-refractivity contribution >= 4 is 28.2 Å². The number of benzene rings is 1. The first kappa shape index (κ1) is 15.3. The van der Waals surface area contributed by atoms with E-state index in [1.54, 1.807) is 6.92 Å². The first-order valence-corrected chi connectivity index (χ1v) is 8.00. The van der Waals surface area contributed by atoms with E-state index in [1.165, 1.54) is 0 Å². The van der Waals surface area contributed by atoms with E-state index in [0.29, 0.717) is 16.3 Å². The van der Waals surface area contributed by atoms with Crippen LogP contribution in [0.15, 0.2) is 18.2 Å². The van der Waals surface area contributed by atoms with Crippen LogP contribution in [-0.2, 0) is 0 Å². The summed E-state index contributed by atoms with van der Waals surface area (Å²) >= 11 is 1.15. The number of aromatic nitrogens is 2. The monoisotopic (exact) mass is 325 g/mol. The van der Waals surface area contributed by atoms with Crippen molar-refractivity contribution in [3.8, 4) is 16.6 Å². The summed E-state index contributed by atoms with van der Waals surface area (Å²) in [5.74, 6) is -0.741. The lowest BCUT2D eigenvalue weighted by Crippen LogP contribution is -1.94. The van der Waals surface area contributed by atoms with Gasteiger partial charge in [-0.15, -0.1) is 11.3 Å². The largest absolute Gasteiger partial charge is 0.477 e. The number of nitriles is 1. The number of H-pyrrole nitrogens is 1. The third kappa shape index (κ3) is 2.49. The molecular formula is C17H15N3O2S. The number of rotatable bonds is 3. The summed E-state index contributed by atoms with van der Waals surface area (Å²) in [6, 6.07) is 7.98. The van der Waals surface area contributed by atoms with Gasteiger partial charge in [-0.3, -0.25) is 0 Å². The predicted molar refractivity (Wildman–Crippen MR) is 89.9 cm³/mol. The van der Waals surface area contributed by atoms with Crippen LogP contribution in [0.4, 0.5) is 0 Å². The lowest BCUT2D eigenvalue weighted by Gasteiger charge is -2.00. The van der Waals surface area contributed by atoms with Crippen LogP contribution in [0.5, 0.6) is 0 Å². The fraction of sp³-hybridized carbons (Fsp3) is 0.235. The topological polar surface area (TPSA) is 89.8 Å². The van der Waals surface area contributed by atoms with E-state index in [2.05, 4.69) is 16.0 Å². The van der Waals surface area contributed by atoms with Crippen LogP contribution in [0.3, 0.4) is 0 Å². The molecule has 2 aromatic heterocycles. The van der Waals surface area contributed by atoms with Gasteiger partial charge in [0.05, 0.1) is 11.3 Å². The fourth-order valence-electron chi connectivity index (χ4n) is 2.62. The van der Waals surface area contributed by atoms with E-state index in [4.69, 9.17) is 5.11 Å². The summed E-state index contributed by atoms with van der Waals surface area (Å²) in [5.41, 5.74) is 3.80. The van der Waals surface area contributed by atoms with Crippen LogP contribution in [0.1, 0.15) is 46.4 Å². The van der Waals surface area contributed by atoms with Gasteiger partial charge in [-0.2, -0.15) is 5.26 Å². The van der Waals surface area contributed by atoms with Crippen LogP contribution < -0.4 is 0 Å². The molecule has 3 rings (SSSR count). The Labute approximate surface area is 137 Å². The molecular weight excluding hydrogens is 310 g/mol. The second-order valence-electron chi connectivity index (χ2n) is 5.68. The van der Waals surface area contributed by atoms with E-state index in [-0.39, 0.29) is 10.8 Å². The molecule has 0 saturated heterocycles. The number of carboxylic acid groups (broad SMARTS) is 1. The molecule has 6 heteroatoms. The van der Waals surface area contributed by atoms with E-state index >= 15 is 0 Å². The molecule has 1 aromatic carbocycles. The van der Waals surface area contributed by atoms with Crippen molar-refractivity contribution in [1.29, 1.82) is 5.26 Å². The molecule has 2 N–H and O–H groups in total. The van der Waals surface area contributed by atoms with Gasteiger partial charge in [0, 0.05) is 22.2 Å². The molecule has 2 heterocycles. The third-order valence-electron chi connectivity index (χ3n) is 3.75. The Hall–Kier alpha value is -2.65. The number of nitrogens with zero attached hydrogens (tertiary/aromatic N) is 2. The third-order valence-corrected chi connectivity index (χ3v) is 4.95. The van der Waals surface area contributed by atoms with Crippen molar-refractivity contribution < 1.29 is 9.90 Å². The standard InChI is InChI=1S/C17H15N3O2S/c1-8(2)14-12(7-18)11-6-10(4-5-13(11)20-14)16-19-9(3)15(23-16)17(21)22/h4-6,8,20H,1-3H3,(H,21,22). The van der Waals surface area contributed by atoms with Gasteiger partial charge < -0.3 is 10.1 Å². The number of aromatic amines is 1. The number of fused-ring (bicyclic) bond motifs is 1. The Balaban J connectivity index is 2.19. The molecule has 5 nitrogen and oxygen atoms in total. The highest BCUT2D eigenvalue weighted by molar-refractivity contribution is 7.17. The number of carbonyl (C=O) groups is 1. The van der Waals surface area contributed by atoms with Crippen molar-refractivity contribution in [3.05, 3.63) is 40.0 Å². The zero-order chi connectivity index (χ0) is 16.7. The molecule has 0 aliphatic rings. The highest BCUT2D eigenvalue weighted by Crippen LogP contribution is 2.33. The summed E-state index contributed by atoms with van der Waals surface area (Å²) in [5, 5.41) is 20.1. The Kier molecular flexibility index (Phi) is 3.66. The van der Waals surface area contributed by atoms with E-state index in [9.17, 15) is 10.1 Å². The molecule has 0 spiro atoms. The fourth-order valence-corrected chi connectivity index (χ4v) is 3.52. The van der Waals surface area contributed by atoms with Gasteiger partial charge in [0.25, 0.3) is 0 Å². The highest BCUT2D eigenvalue weighted by Gasteiger charge is 2.18. The molecule has 0 atom stereocenters. The van der Waals surface area contributed by atoms with Crippen LogP contribution in [0, 0.1) is 18.3 Å². The van der Waals surface area contributed by atoms with Gasteiger partial charge in [0.2, 0.25) is 0 Å². The molecule has 0 fully saturated rings. The minimum atomic E-state index is -0.964. The number of carboxylic acids is 1. The molecule has 0 radical (unpaired) electrons. The Bertz CT molecular complexity index is 960. The smallest absolute Gasteiger partial charge is 0.347 e. The maximum Gasteiger partial charge on any atom is 0.347 e. The number of hydrogen-bond donors (Lipinski definition) is 2. The minimum absolute atomic E-state index is 0.223. The van der Waals surface area contributed by atoms with Crippen LogP contribution >= 0.6 is 11.3 Å². The van der Waals surface area contributed by atoms with Crippen molar-refractivity contribution in [1.82, 2.24) is 9.97 Å². The van der Waals surface area contributed by atoms with Gasteiger partial charge >= 0.3 is 5.97 Å². The number of thiazole rings is 1. The summed E-state index contributed by atoms with van der Waals surface area (Å²) in [6.07, 6.45) is 0. The normalized spacial score (nSPS) is 11.1. The average Bonchev–Trinajstić information content (AvgIpc) is 3.06. The van der Waals surface area contributed by atoms with Crippen LogP contribution in [0.2, 0.25) is 0 Å². The summed E-state index contributed by atoms with van der Waals surface area (Å²) in [7, 11) is 0. The number of nitrogens with one attached hydrogen (secondary N) is 1. The molecule has 0 amide bonds. The Morgan fingerprint density at radius 2 is 2.17 bits per heavy atom. The molecule has 23 heavy (non-hydrogen) atoms. The minimum Gasteiger partial charge on any atom is -0.477 e. The lowest BCUT2D eigenvalue weighted by molar-refractivity contribution is 0.0701. The van der Waals surface area contributed by atoms with E-state index < -0.39 is 5.97 Å². The molecule has 0 saturated carbocycles. The van der Waals surface area contributed by atoms with Crippen molar-refractivity contribution in [3.63, 3.8) is 0 Å². The predicted octanol–water partition coefficient (Wildman–Crippen LogP) is 4.29. The second kappa shape index (κ2) is 5.52. The second-order valence-corrected chi connectivity index (χ2v) is 6.68. The number of aryl methyl sites for hydroxylation is 1. The van der Waals surface area contributed by atoms with Gasteiger partial charge in [0.1, 0.15) is 16.0 Å².